The molecule has 1 fully saturated rings. The lowest BCUT2D eigenvalue weighted by atomic mass is 10.0. The van der Waals surface area contributed by atoms with Gasteiger partial charge in [0.2, 0.25) is 5.91 Å². The highest BCUT2D eigenvalue weighted by atomic mass is 19.4. The minimum absolute atomic E-state index is 0.0542. The maximum absolute atomic E-state index is 13.1. The first-order chi connectivity index (χ1) is 15.8. The molecule has 9 nitrogen and oxygen atoms in total. The highest BCUT2D eigenvalue weighted by molar-refractivity contribution is 5.80. The van der Waals surface area contributed by atoms with Crippen LogP contribution in [0.4, 0.5) is 13.2 Å². The molecule has 0 unspecified atom stereocenters. The number of hydrogen-bond acceptors (Lipinski definition) is 6. The van der Waals surface area contributed by atoms with Crippen molar-refractivity contribution in [3.05, 3.63) is 52.0 Å². The van der Waals surface area contributed by atoms with E-state index in [9.17, 15) is 22.8 Å². The number of aryl methyl sites for hydroxylation is 1. The van der Waals surface area contributed by atoms with Crippen LogP contribution in [0.15, 0.2) is 33.6 Å². The molecule has 1 amide bonds. The lowest BCUT2D eigenvalue weighted by molar-refractivity contribution is -0.137. The predicted octanol–water partition coefficient (Wildman–Crippen LogP) is 2.66. The van der Waals surface area contributed by atoms with Gasteiger partial charge in [0, 0.05) is 25.1 Å². The van der Waals surface area contributed by atoms with E-state index >= 15 is 0 Å². The molecule has 0 saturated carbocycles. The van der Waals surface area contributed by atoms with Crippen molar-refractivity contribution in [2.45, 2.75) is 50.9 Å². The first-order valence-corrected chi connectivity index (χ1v) is 10.8. The normalized spacial score (nSPS) is 18.5. The summed E-state index contributed by atoms with van der Waals surface area (Å²) in [6, 6.07) is 4.00. The van der Waals surface area contributed by atoms with Gasteiger partial charge in [-0.2, -0.15) is 23.3 Å². The number of benzene rings is 1. The Balaban J connectivity index is 1.39. The Bertz CT molecular complexity index is 1240. The van der Waals surface area contributed by atoms with Gasteiger partial charge in [0.25, 0.3) is 5.89 Å². The lowest BCUT2D eigenvalue weighted by Gasteiger charge is -2.27. The van der Waals surface area contributed by atoms with E-state index in [0.29, 0.717) is 31.8 Å². The summed E-state index contributed by atoms with van der Waals surface area (Å²) in [5.41, 5.74) is -1.14. The van der Waals surface area contributed by atoms with Crippen LogP contribution in [0, 0.1) is 0 Å². The van der Waals surface area contributed by atoms with E-state index in [1.807, 2.05) is 0 Å². The predicted molar refractivity (Wildman–Crippen MR) is 108 cm³/mol. The third-order valence-electron chi connectivity index (χ3n) is 6.03. The number of rotatable bonds is 4. The van der Waals surface area contributed by atoms with Crippen molar-refractivity contribution in [2.24, 2.45) is 0 Å². The van der Waals surface area contributed by atoms with Gasteiger partial charge in [0.15, 0.2) is 5.82 Å². The molecule has 174 valence electrons. The lowest BCUT2D eigenvalue weighted by Crippen LogP contribution is -2.41. The van der Waals surface area contributed by atoms with Crippen LogP contribution in [0.2, 0.25) is 0 Å². The number of amides is 1. The summed E-state index contributed by atoms with van der Waals surface area (Å²) in [5.74, 6) is 0.490. The summed E-state index contributed by atoms with van der Waals surface area (Å²) in [6.45, 7) is 1.29. The van der Waals surface area contributed by atoms with Gasteiger partial charge in [-0.05, 0) is 43.9 Å². The number of aromatic nitrogens is 5. The van der Waals surface area contributed by atoms with Crippen molar-refractivity contribution in [1.82, 2.24) is 29.4 Å². The third-order valence-corrected chi connectivity index (χ3v) is 6.03. The zero-order chi connectivity index (χ0) is 23.2. The molecule has 33 heavy (non-hydrogen) atoms. The van der Waals surface area contributed by atoms with E-state index in [2.05, 4.69) is 15.2 Å². The largest absolute Gasteiger partial charge is 0.416 e. The van der Waals surface area contributed by atoms with Crippen LogP contribution in [-0.4, -0.2) is 48.4 Å². The van der Waals surface area contributed by atoms with Crippen LogP contribution in [0.25, 0.3) is 11.5 Å². The van der Waals surface area contributed by atoms with Crippen LogP contribution in [0.1, 0.15) is 48.9 Å². The summed E-state index contributed by atoms with van der Waals surface area (Å²) in [4.78, 5) is 31.9. The van der Waals surface area contributed by atoms with Crippen LogP contribution in [-0.2, 0) is 23.9 Å². The van der Waals surface area contributed by atoms with E-state index in [-0.39, 0.29) is 29.7 Å². The molecular formula is C21H21F3N6O3. The molecule has 5 rings (SSSR count). The zero-order valence-electron chi connectivity index (χ0n) is 17.6. The summed E-state index contributed by atoms with van der Waals surface area (Å²) < 4.78 is 46.7. The molecule has 0 radical (unpaired) electrons. The minimum Gasteiger partial charge on any atom is -0.341 e. The number of halogens is 3. The highest BCUT2D eigenvalue weighted by Gasteiger charge is 2.34. The second kappa shape index (κ2) is 8.16. The SMILES string of the molecule is O=C([C@H]1CCCc2nn(Cc3noc(-c4cccc(C(F)(F)F)c4)n3)c(=O)n21)N1CCCC1. The van der Waals surface area contributed by atoms with Gasteiger partial charge in [-0.25, -0.2) is 9.48 Å². The zero-order valence-corrected chi connectivity index (χ0v) is 17.6. The molecule has 1 saturated heterocycles. The Morgan fingerprint density at radius 2 is 1.97 bits per heavy atom. The van der Waals surface area contributed by atoms with E-state index in [0.717, 1.165) is 31.4 Å². The second-order valence-electron chi connectivity index (χ2n) is 8.26. The maximum Gasteiger partial charge on any atom is 0.416 e. The fourth-order valence-electron chi connectivity index (χ4n) is 4.41. The van der Waals surface area contributed by atoms with Crippen LogP contribution >= 0.6 is 0 Å². The average molecular weight is 462 g/mol. The molecule has 1 atom stereocenters. The van der Waals surface area contributed by atoms with E-state index < -0.39 is 23.5 Å². The second-order valence-corrected chi connectivity index (χ2v) is 8.26. The third kappa shape index (κ3) is 4.05. The van der Waals surface area contributed by atoms with Crippen LogP contribution < -0.4 is 5.69 Å². The van der Waals surface area contributed by atoms with Gasteiger partial charge in [0.05, 0.1) is 5.56 Å². The van der Waals surface area contributed by atoms with E-state index in [4.69, 9.17) is 4.52 Å². The summed E-state index contributed by atoms with van der Waals surface area (Å²) in [5, 5.41) is 8.15. The Hall–Kier alpha value is -3.44. The molecule has 4 heterocycles. The van der Waals surface area contributed by atoms with Crippen molar-refractivity contribution in [3.63, 3.8) is 0 Å². The number of likely N-dealkylation sites (tertiary alicyclic amines) is 1. The van der Waals surface area contributed by atoms with Gasteiger partial charge in [-0.3, -0.25) is 9.36 Å². The van der Waals surface area contributed by atoms with Crippen LogP contribution in [0.3, 0.4) is 0 Å². The fraction of sp³-hybridized carbons (Fsp3) is 0.476. The first-order valence-electron chi connectivity index (χ1n) is 10.8. The Morgan fingerprint density at radius 1 is 1.18 bits per heavy atom. The smallest absolute Gasteiger partial charge is 0.341 e. The summed E-state index contributed by atoms with van der Waals surface area (Å²) in [6.07, 6.45) is -0.659. The summed E-state index contributed by atoms with van der Waals surface area (Å²) >= 11 is 0. The van der Waals surface area contributed by atoms with Gasteiger partial charge in [0.1, 0.15) is 18.4 Å². The summed E-state index contributed by atoms with van der Waals surface area (Å²) in [7, 11) is 0. The van der Waals surface area contributed by atoms with Crippen molar-refractivity contribution < 1.29 is 22.5 Å². The molecule has 0 N–H and O–H groups in total. The molecule has 0 spiro atoms. The van der Waals surface area contributed by atoms with E-state index in [1.54, 1.807) is 4.90 Å². The molecule has 2 aromatic heterocycles. The van der Waals surface area contributed by atoms with E-state index in [1.165, 1.54) is 21.4 Å². The van der Waals surface area contributed by atoms with Crippen molar-refractivity contribution in [2.75, 3.05) is 13.1 Å². The number of carbonyl (C=O) groups excluding carboxylic acids is 1. The molecule has 0 bridgehead atoms. The first kappa shape index (κ1) is 21.4. The molecular weight excluding hydrogens is 441 g/mol. The van der Waals surface area contributed by atoms with Crippen molar-refractivity contribution in [3.8, 4) is 11.5 Å². The van der Waals surface area contributed by atoms with Crippen molar-refractivity contribution >= 4 is 5.91 Å². The fourth-order valence-corrected chi connectivity index (χ4v) is 4.41. The molecule has 12 heteroatoms. The molecule has 1 aromatic carbocycles. The van der Waals surface area contributed by atoms with Crippen molar-refractivity contribution in [1.29, 1.82) is 0 Å². The van der Waals surface area contributed by atoms with Gasteiger partial charge in [-0.15, -0.1) is 0 Å². The number of alkyl halides is 3. The number of fused-ring (bicyclic) bond motifs is 1. The monoisotopic (exact) mass is 462 g/mol. The Kier molecular flexibility index (Phi) is 5.29. The number of nitrogens with zero attached hydrogens (tertiary/aromatic N) is 6. The average Bonchev–Trinajstić information content (AvgIpc) is 3.55. The Labute approximate surface area is 185 Å². The minimum atomic E-state index is -4.50. The topological polar surface area (TPSA) is 99.0 Å². The van der Waals surface area contributed by atoms with Gasteiger partial charge < -0.3 is 9.42 Å². The molecule has 0 aliphatic carbocycles. The quantitative estimate of drug-likeness (QED) is 0.591. The highest BCUT2D eigenvalue weighted by Crippen LogP contribution is 2.32. The molecule has 2 aliphatic rings. The standard InChI is InChI=1S/C21H21F3N6O3/c22-21(23,24)14-6-3-5-13(11-14)18-25-16(27-33-18)12-29-20(32)30-15(7-4-8-17(30)26-29)19(31)28-9-1-2-10-28/h3,5-6,11,15H,1-2,4,7-10,12H2/t15-/m1/s1. The van der Waals surface area contributed by atoms with Gasteiger partial charge in [-0.1, -0.05) is 11.2 Å². The number of hydrogen-bond donors (Lipinski definition) is 0. The maximum atomic E-state index is 13.1. The Morgan fingerprint density at radius 3 is 2.73 bits per heavy atom. The van der Waals surface area contributed by atoms with Gasteiger partial charge >= 0.3 is 11.9 Å². The molecule has 3 aromatic rings. The number of carbonyl (C=O) groups is 1. The van der Waals surface area contributed by atoms with Crippen LogP contribution in [0.5, 0.6) is 0 Å². The molecule has 2 aliphatic heterocycles.